The second-order valence-electron chi connectivity index (χ2n) is 4.18. The van der Waals surface area contributed by atoms with Gasteiger partial charge in [-0.2, -0.15) is 0 Å². The van der Waals surface area contributed by atoms with Crippen molar-refractivity contribution >= 4 is 17.7 Å². The van der Waals surface area contributed by atoms with E-state index in [4.69, 9.17) is 13.9 Å². The van der Waals surface area contributed by atoms with Gasteiger partial charge in [0.1, 0.15) is 0 Å². The van der Waals surface area contributed by atoms with Gasteiger partial charge in [0.05, 0.1) is 5.75 Å². The molecule has 0 aliphatic carbocycles. The minimum atomic E-state index is -0.0645. The van der Waals surface area contributed by atoms with E-state index in [0.29, 0.717) is 29.2 Å². The van der Waals surface area contributed by atoms with Crippen molar-refractivity contribution in [2.75, 3.05) is 19.1 Å². The summed E-state index contributed by atoms with van der Waals surface area (Å²) in [5, 5.41) is 10.9. The molecule has 0 spiro atoms. The lowest BCUT2D eigenvalue weighted by Crippen LogP contribution is -2.24. The number of fused-ring (bicyclic) bond motifs is 1. The van der Waals surface area contributed by atoms with E-state index in [0.717, 1.165) is 5.56 Å². The molecule has 2 heterocycles. The molecule has 110 valence electrons. The van der Waals surface area contributed by atoms with Gasteiger partial charge in [0.2, 0.25) is 18.6 Å². The maximum absolute atomic E-state index is 11.4. The summed E-state index contributed by atoms with van der Waals surface area (Å²) in [5.74, 6) is 1.92. The Kier molecular flexibility index (Phi) is 3.96. The fraction of sp³-hybridized carbons (Fsp3) is 0.308. The Morgan fingerprint density at radius 2 is 2.19 bits per heavy atom. The van der Waals surface area contributed by atoms with E-state index < -0.39 is 0 Å². The number of amides is 1. The lowest BCUT2D eigenvalue weighted by Gasteiger charge is -1.99. The quantitative estimate of drug-likeness (QED) is 0.841. The van der Waals surface area contributed by atoms with Crippen LogP contribution in [0.5, 0.6) is 11.5 Å². The summed E-state index contributed by atoms with van der Waals surface area (Å²) in [4.78, 5) is 11.4. The fourth-order valence-electron chi connectivity index (χ4n) is 1.79. The van der Waals surface area contributed by atoms with Crippen LogP contribution in [0.4, 0.5) is 0 Å². The van der Waals surface area contributed by atoms with Crippen molar-refractivity contribution in [3.05, 3.63) is 18.2 Å². The number of nitrogens with zero attached hydrogens (tertiary/aromatic N) is 2. The maximum atomic E-state index is 11.4. The van der Waals surface area contributed by atoms with Crippen LogP contribution in [0, 0.1) is 0 Å². The molecule has 3 rings (SSSR count). The third kappa shape index (κ3) is 3.10. The summed E-state index contributed by atoms with van der Waals surface area (Å²) in [7, 11) is 0. The zero-order valence-corrected chi connectivity index (χ0v) is 12.1. The van der Waals surface area contributed by atoms with E-state index >= 15 is 0 Å². The Hall–Kier alpha value is -2.22. The molecule has 1 N–H and O–H groups in total. The number of aromatic nitrogens is 2. The molecule has 0 atom stereocenters. The minimum Gasteiger partial charge on any atom is -0.454 e. The van der Waals surface area contributed by atoms with E-state index in [1.807, 2.05) is 13.0 Å². The van der Waals surface area contributed by atoms with Crippen LogP contribution >= 0.6 is 11.8 Å². The lowest BCUT2D eigenvalue weighted by molar-refractivity contribution is -0.118. The molecule has 1 aromatic heterocycles. The third-order valence-electron chi connectivity index (χ3n) is 2.73. The van der Waals surface area contributed by atoms with Gasteiger partial charge in [0.25, 0.3) is 5.22 Å². The van der Waals surface area contributed by atoms with Crippen molar-refractivity contribution in [2.24, 2.45) is 0 Å². The Bertz CT molecular complexity index is 659. The molecule has 0 bridgehead atoms. The predicted molar refractivity (Wildman–Crippen MR) is 75.3 cm³/mol. The number of hydrogen-bond donors (Lipinski definition) is 1. The topological polar surface area (TPSA) is 86.5 Å². The highest BCUT2D eigenvalue weighted by Gasteiger charge is 2.17. The van der Waals surface area contributed by atoms with Crippen LogP contribution < -0.4 is 14.8 Å². The molecule has 2 aromatic rings. The van der Waals surface area contributed by atoms with Crippen molar-refractivity contribution in [2.45, 2.75) is 12.1 Å². The molecule has 0 fully saturated rings. The summed E-state index contributed by atoms with van der Waals surface area (Å²) in [6.45, 7) is 2.69. The first-order valence-corrected chi connectivity index (χ1v) is 7.38. The van der Waals surface area contributed by atoms with Crippen molar-refractivity contribution in [3.8, 4) is 23.0 Å². The summed E-state index contributed by atoms with van der Waals surface area (Å²) >= 11 is 1.20. The highest BCUT2D eigenvalue weighted by Crippen LogP contribution is 2.35. The summed E-state index contributed by atoms with van der Waals surface area (Å²) < 4.78 is 16.1. The Morgan fingerprint density at radius 1 is 1.33 bits per heavy atom. The van der Waals surface area contributed by atoms with Gasteiger partial charge in [-0.1, -0.05) is 11.8 Å². The van der Waals surface area contributed by atoms with Gasteiger partial charge in [-0.3, -0.25) is 4.79 Å². The number of hydrogen-bond acceptors (Lipinski definition) is 7. The predicted octanol–water partition coefficient (Wildman–Crippen LogP) is 1.69. The Balaban J connectivity index is 1.68. The van der Waals surface area contributed by atoms with Crippen LogP contribution in [0.2, 0.25) is 0 Å². The molecule has 1 aromatic carbocycles. The van der Waals surface area contributed by atoms with Crippen LogP contribution in [0.15, 0.2) is 27.8 Å². The number of ether oxygens (including phenoxy) is 2. The van der Waals surface area contributed by atoms with Crippen molar-refractivity contribution < 1.29 is 18.7 Å². The molecule has 7 nitrogen and oxygen atoms in total. The molecule has 8 heteroatoms. The van der Waals surface area contributed by atoms with E-state index in [-0.39, 0.29) is 18.5 Å². The molecule has 0 radical (unpaired) electrons. The molecule has 1 aliphatic rings. The Labute approximate surface area is 125 Å². The zero-order chi connectivity index (χ0) is 14.7. The number of rotatable bonds is 5. The largest absolute Gasteiger partial charge is 0.454 e. The van der Waals surface area contributed by atoms with Crippen LogP contribution in [0.3, 0.4) is 0 Å². The molecule has 0 saturated carbocycles. The normalized spacial score (nSPS) is 12.4. The fourth-order valence-corrected chi connectivity index (χ4v) is 2.38. The van der Waals surface area contributed by atoms with E-state index in [2.05, 4.69) is 15.5 Å². The zero-order valence-electron chi connectivity index (χ0n) is 11.3. The molecular formula is C13H13N3O4S. The number of carbonyl (C=O) groups is 1. The molecule has 21 heavy (non-hydrogen) atoms. The van der Waals surface area contributed by atoms with Crippen LogP contribution in [-0.2, 0) is 4.79 Å². The second kappa shape index (κ2) is 6.04. The molecule has 0 saturated heterocycles. The average molecular weight is 307 g/mol. The van der Waals surface area contributed by atoms with Crippen LogP contribution in [0.1, 0.15) is 6.92 Å². The van der Waals surface area contributed by atoms with E-state index in [1.165, 1.54) is 11.8 Å². The van der Waals surface area contributed by atoms with Gasteiger partial charge in [0, 0.05) is 12.1 Å². The van der Waals surface area contributed by atoms with Gasteiger partial charge in [-0.05, 0) is 25.1 Å². The number of nitrogens with one attached hydrogen (secondary N) is 1. The first kappa shape index (κ1) is 13.7. The van der Waals surface area contributed by atoms with Gasteiger partial charge >= 0.3 is 0 Å². The van der Waals surface area contributed by atoms with Crippen molar-refractivity contribution in [1.29, 1.82) is 0 Å². The van der Waals surface area contributed by atoms with Gasteiger partial charge in [-0.15, -0.1) is 10.2 Å². The summed E-state index contributed by atoms with van der Waals surface area (Å²) in [6.07, 6.45) is 0. The van der Waals surface area contributed by atoms with Gasteiger partial charge in [-0.25, -0.2) is 0 Å². The van der Waals surface area contributed by atoms with Gasteiger partial charge < -0.3 is 19.2 Å². The number of carbonyl (C=O) groups excluding carboxylic acids is 1. The minimum absolute atomic E-state index is 0.0645. The molecule has 1 aliphatic heterocycles. The number of benzene rings is 1. The van der Waals surface area contributed by atoms with E-state index in [9.17, 15) is 4.79 Å². The molecule has 1 amide bonds. The summed E-state index contributed by atoms with van der Waals surface area (Å²) in [6, 6.07) is 5.40. The third-order valence-corrected chi connectivity index (χ3v) is 3.55. The first-order valence-electron chi connectivity index (χ1n) is 6.39. The smallest absolute Gasteiger partial charge is 0.277 e. The van der Waals surface area contributed by atoms with E-state index in [1.54, 1.807) is 12.1 Å². The highest BCUT2D eigenvalue weighted by molar-refractivity contribution is 7.99. The second-order valence-corrected chi connectivity index (χ2v) is 5.11. The molecule has 0 unspecified atom stereocenters. The highest BCUT2D eigenvalue weighted by atomic mass is 32.2. The first-order chi connectivity index (χ1) is 10.3. The summed E-state index contributed by atoms with van der Waals surface area (Å²) in [5.41, 5.74) is 0.747. The average Bonchev–Trinajstić information content (AvgIpc) is 3.13. The number of thioether (sulfide) groups is 1. The Morgan fingerprint density at radius 3 is 3.05 bits per heavy atom. The van der Waals surface area contributed by atoms with Crippen molar-refractivity contribution in [1.82, 2.24) is 15.5 Å². The standard InChI is InChI=1S/C13H13N3O4S/c1-2-14-11(17)6-21-13-16-15-12(20-13)8-3-4-9-10(5-8)19-7-18-9/h3-5H,2,6-7H2,1H3,(H,14,17). The monoisotopic (exact) mass is 307 g/mol. The maximum Gasteiger partial charge on any atom is 0.277 e. The SMILES string of the molecule is CCNC(=O)CSc1nnc(-c2ccc3c(c2)OCO3)o1. The van der Waals surface area contributed by atoms with Crippen molar-refractivity contribution in [3.63, 3.8) is 0 Å². The van der Waals surface area contributed by atoms with Crippen LogP contribution in [0.25, 0.3) is 11.5 Å². The lowest BCUT2D eigenvalue weighted by atomic mass is 10.2. The van der Waals surface area contributed by atoms with Crippen LogP contribution in [-0.4, -0.2) is 35.2 Å². The molecular weight excluding hydrogens is 294 g/mol. The van der Waals surface area contributed by atoms with Gasteiger partial charge in [0.15, 0.2) is 11.5 Å².